The van der Waals surface area contributed by atoms with Gasteiger partial charge in [-0.1, -0.05) is 13.3 Å². The summed E-state index contributed by atoms with van der Waals surface area (Å²) in [6, 6.07) is -0.0987. The van der Waals surface area contributed by atoms with Crippen LogP contribution in [0.25, 0.3) is 11.2 Å². The molecule has 0 saturated carbocycles. The molecule has 1 aliphatic rings. The van der Waals surface area contributed by atoms with E-state index in [4.69, 9.17) is 15.2 Å². The van der Waals surface area contributed by atoms with Crippen molar-refractivity contribution < 1.29 is 14.3 Å². The highest BCUT2D eigenvalue weighted by Gasteiger charge is 2.31. The fourth-order valence-corrected chi connectivity index (χ4v) is 3.34. The number of likely N-dealkylation sites (tertiary alicyclic amines) is 1. The van der Waals surface area contributed by atoms with Crippen molar-refractivity contribution in [3.05, 3.63) is 10.5 Å². The molecule has 0 radical (unpaired) electrons. The van der Waals surface area contributed by atoms with Gasteiger partial charge in [0.25, 0.3) is 0 Å². The predicted octanol–water partition coefficient (Wildman–Crippen LogP) is 0.518. The lowest BCUT2D eigenvalue weighted by atomic mass is 10.2. The quantitative estimate of drug-likeness (QED) is 0.502. The Kier molecular flexibility index (Phi) is 5.94. The molecule has 0 spiro atoms. The fraction of sp³-hybridized carbons (Fsp3) is 0.647. The number of ether oxygens (including phenoxy) is 2. The van der Waals surface area contributed by atoms with Crippen LogP contribution < -0.4 is 16.2 Å². The maximum Gasteiger partial charge on any atom is 0.327 e. The number of nitrogens with zero attached hydrogens (tertiary/aromatic N) is 4. The number of methoxy groups -OCH3 is 1. The maximum atomic E-state index is 12.4. The van der Waals surface area contributed by atoms with E-state index >= 15 is 0 Å². The average molecular weight is 378 g/mol. The smallest absolute Gasteiger partial charge is 0.327 e. The average Bonchev–Trinajstić information content (AvgIpc) is 3.24. The van der Waals surface area contributed by atoms with Gasteiger partial charge in [0.15, 0.2) is 11.5 Å². The number of imidazole rings is 1. The lowest BCUT2D eigenvalue weighted by Gasteiger charge is -2.22. The molecule has 1 aliphatic heterocycles. The van der Waals surface area contributed by atoms with E-state index in [2.05, 4.69) is 21.9 Å². The fourth-order valence-electron chi connectivity index (χ4n) is 3.34. The van der Waals surface area contributed by atoms with E-state index in [-0.39, 0.29) is 29.5 Å². The number of hydrogen-bond acceptors (Lipinski definition) is 8. The van der Waals surface area contributed by atoms with Crippen LogP contribution in [0.2, 0.25) is 0 Å². The number of nitrogen functional groups attached to an aromatic ring is 1. The summed E-state index contributed by atoms with van der Waals surface area (Å²) in [4.78, 5) is 37.4. The van der Waals surface area contributed by atoms with Gasteiger partial charge in [-0.25, -0.2) is 4.79 Å². The number of H-pyrrole nitrogens is 1. The van der Waals surface area contributed by atoms with E-state index in [1.807, 2.05) is 4.90 Å². The lowest BCUT2D eigenvalue weighted by Crippen LogP contribution is -2.39. The lowest BCUT2D eigenvalue weighted by molar-refractivity contribution is -0.145. The van der Waals surface area contributed by atoms with Gasteiger partial charge in [0.05, 0.1) is 13.7 Å². The molecular weight excluding hydrogens is 352 g/mol. The van der Waals surface area contributed by atoms with Crippen molar-refractivity contribution in [1.82, 2.24) is 24.4 Å². The second-order valence-corrected chi connectivity index (χ2v) is 6.59. The van der Waals surface area contributed by atoms with E-state index in [1.165, 1.54) is 11.7 Å². The minimum Gasteiger partial charge on any atom is -0.468 e. The number of aromatic nitrogens is 4. The monoisotopic (exact) mass is 378 g/mol. The third-order valence-electron chi connectivity index (χ3n) is 4.81. The summed E-state index contributed by atoms with van der Waals surface area (Å²) in [6.45, 7) is 4.25. The molecule has 0 aromatic carbocycles. The maximum absolute atomic E-state index is 12.4. The van der Waals surface area contributed by atoms with Crippen LogP contribution >= 0.6 is 0 Å². The standard InChI is InChI=1S/C17H26N6O4/c1-3-4-10-27-16-20-13(18)12-14(21-16)23(17(25)19-12)9-8-22-7-5-6-11(22)15(24)26-2/h11H,3-10H2,1-2H3,(H,19,25)(H2,18,20,21)/t11-/m1/s1. The van der Waals surface area contributed by atoms with Crippen LogP contribution in [0.3, 0.4) is 0 Å². The molecule has 1 saturated heterocycles. The number of unbranched alkanes of at least 4 members (excludes halogenated alkanes) is 1. The summed E-state index contributed by atoms with van der Waals surface area (Å²) < 4.78 is 11.9. The van der Waals surface area contributed by atoms with Gasteiger partial charge in [-0.05, 0) is 25.8 Å². The largest absolute Gasteiger partial charge is 0.468 e. The first kappa shape index (κ1) is 19.2. The van der Waals surface area contributed by atoms with Crippen molar-refractivity contribution in [1.29, 1.82) is 0 Å². The van der Waals surface area contributed by atoms with Crippen LogP contribution in [0, 0.1) is 0 Å². The Labute approximate surface area is 156 Å². The molecule has 0 bridgehead atoms. The molecule has 10 nitrogen and oxygen atoms in total. The summed E-state index contributed by atoms with van der Waals surface area (Å²) in [6.07, 6.45) is 3.56. The molecule has 1 atom stereocenters. The first-order chi connectivity index (χ1) is 13.0. The molecule has 3 N–H and O–H groups in total. The van der Waals surface area contributed by atoms with E-state index in [0.717, 1.165) is 32.2 Å². The molecule has 148 valence electrons. The number of hydrogen-bond donors (Lipinski definition) is 2. The van der Waals surface area contributed by atoms with Gasteiger partial charge in [0.2, 0.25) is 0 Å². The van der Waals surface area contributed by atoms with Crippen molar-refractivity contribution in [3.63, 3.8) is 0 Å². The molecule has 10 heteroatoms. The van der Waals surface area contributed by atoms with Gasteiger partial charge in [0.1, 0.15) is 11.6 Å². The Hall–Kier alpha value is -2.62. The van der Waals surface area contributed by atoms with Gasteiger partial charge >= 0.3 is 17.7 Å². The summed E-state index contributed by atoms with van der Waals surface area (Å²) in [5, 5.41) is 0. The zero-order chi connectivity index (χ0) is 19.4. The van der Waals surface area contributed by atoms with Crippen molar-refractivity contribution in [2.75, 3.05) is 32.5 Å². The third-order valence-corrected chi connectivity index (χ3v) is 4.81. The number of rotatable bonds is 8. The third kappa shape index (κ3) is 4.05. The number of fused-ring (bicyclic) bond motifs is 1. The van der Waals surface area contributed by atoms with Crippen molar-refractivity contribution in [2.24, 2.45) is 0 Å². The van der Waals surface area contributed by atoms with Gasteiger partial charge in [-0.15, -0.1) is 0 Å². The molecule has 0 aliphatic carbocycles. The molecule has 2 aromatic heterocycles. The highest BCUT2D eigenvalue weighted by atomic mass is 16.5. The molecule has 1 fully saturated rings. The van der Waals surface area contributed by atoms with Crippen molar-refractivity contribution >= 4 is 23.0 Å². The second-order valence-electron chi connectivity index (χ2n) is 6.59. The minimum atomic E-state index is -0.314. The minimum absolute atomic E-state index is 0.162. The molecule has 3 rings (SSSR count). The molecular formula is C17H26N6O4. The molecule has 2 aromatic rings. The zero-order valence-corrected chi connectivity index (χ0v) is 15.7. The second kappa shape index (κ2) is 8.38. The number of nitrogens with one attached hydrogen (secondary N) is 1. The SMILES string of the molecule is CCCCOc1nc(N)c2[nH]c(=O)n(CCN3CCC[C@@H]3C(=O)OC)c2n1. The Morgan fingerprint density at radius 1 is 1.37 bits per heavy atom. The Morgan fingerprint density at radius 3 is 2.93 bits per heavy atom. The Bertz CT molecular complexity index is 861. The molecule has 3 heterocycles. The first-order valence-corrected chi connectivity index (χ1v) is 9.25. The zero-order valence-electron chi connectivity index (χ0n) is 15.7. The summed E-state index contributed by atoms with van der Waals surface area (Å²) in [5.74, 6) is -0.0621. The molecule has 0 amide bonds. The van der Waals surface area contributed by atoms with Gasteiger partial charge in [-0.3, -0.25) is 14.3 Å². The van der Waals surface area contributed by atoms with Gasteiger partial charge < -0.3 is 20.2 Å². The van der Waals surface area contributed by atoms with Crippen LogP contribution in [0.1, 0.15) is 32.6 Å². The number of esters is 1. The Balaban J connectivity index is 1.80. The molecule has 27 heavy (non-hydrogen) atoms. The predicted molar refractivity (Wildman–Crippen MR) is 99.6 cm³/mol. The van der Waals surface area contributed by atoms with E-state index < -0.39 is 0 Å². The highest BCUT2D eigenvalue weighted by Crippen LogP contribution is 2.20. The number of anilines is 1. The van der Waals surface area contributed by atoms with Gasteiger partial charge in [0, 0.05) is 13.1 Å². The van der Waals surface area contributed by atoms with Crippen LogP contribution in [0.15, 0.2) is 4.79 Å². The summed E-state index contributed by atoms with van der Waals surface area (Å²) in [7, 11) is 1.39. The highest BCUT2D eigenvalue weighted by molar-refractivity contribution is 5.81. The van der Waals surface area contributed by atoms with E-state index in [9.17, 15) is 9.59 Å². The van der Waals surface area contributed by atoms with Crippen LogP contribution in [0.5, 0.6) is 6.01 Å². The van der Waals surface area contributed by atoms with Crippen LogP contribution in [-0.2, 0) is 16.1 Å². The number of carbonyl (C=O) groups is 1. The van der Waals surface area contributed by atoms with Crippen LogP contribution in [-0.4, -0.2) is 63.2 Å². The van der Waals surface area contributed by atoms with Crippen LogP contribution in [0.4, 0.5) is 5.82 Å². The van der Waals surface area contributed by atoms with Gasteiger partial charge in [-0.2, -0.15) is 9.97 Å². The van der Waals surface area contributed by atoms with E-state index in [1.54, 1.807) is 0 Å². The first-order valence-electron chi connectivity index (χ1n) is 9.25. The number of carbonyl (C=O) groups excluding carboxylic acids is 1. The summed E-state index contributed by atoms with van der Waals surface area (Å²) >= 11 is 0. The number of aromatic amines is 1. The van der Waals surface area contributed by atoms with E-state index in [0.29, 0.717) is 30.9 Å². The number of nitrogens with two attached hydrogens (primary N) is 1. The van der Waals surface area contributed by atoms with Crippen molar-refractivity contribution in [3.8, 4) is 6.01 Å². The Morgan fingerprint density at radius 2 is 2.19 bits per heavy atom. The molecule has 0 unspecified atom stereocenters. The summed E-state index contributed by atoms with van der Waals surface area (Å²) in [5.41, 5.74) is 6.45. The topological polar surface area (TPSA) is 128 Å². The normalized spacial score (nSPS) is 17.5. The van der Waals surface area contributed by atoms with Crippen molar-refractivity contribution in [2.45, 2.75) is 45.2 Å².